The van der Waals surface area contributed by atoms with E-state index in [1.807, 2.05) is 0 Å². The van der Waals surface area contributed by atoms with Gasteiger partial charge in [-0.25, -0.2) is 0 Å². The molecule has 1 fully saturated rings. The lowest BCUT2D eigenvalue weighted by molar-refractivity contribution is 0.386. The van der Waals surface area contributed by atoms with Crippen LogP contribution in [-0.2, 0) is 0 Å². The van der Waals surface area contributed by atoms with Crippen molar-refractivity contribution in [3.63, 3.8) is 0 Å². The number of rotatable bonds is 6. The summed E-state index contributed by atoms with van der Waals surface area (Å²) >= 11 is 0. The third-order valence-corrected chi connectivity index (χ3v) is 3.57. The summed E-state index contributed by atoms with van der Waals surface area (Å²) in [6, 6.07) is 0.840. The van der Waals surface area contributed by atoms with E-state index in [4.69, 9.17) is 0 Å². The lowest BCUT2D eigenvalue weighted by Crippen LogP contribution is -2.30. The number of hydrogen-bond donors (Lipinski definition) is 1. The van der Waals surface area contributed by atoms with E-state index in [2.05, 4.69) is 12.2 Å². The fourth-order valence-electron chi connectivity index (χ4n) is 2.52. The van der Waals surface area contributed by atoms with E-state index in [1.54, 1.807) is 0 Å². The van der Waals surface area contributed by atoms with Gasteiger partial charge in [-0.15, -0.1) is 0 Å². The molecule has 1 saturated carbocycles. The second kappa shape index (κ2) is 9.21. The smallest absolute Gasteiger partial charge is 0.00670 e. The number of unbranched alkanes of at least 4 members (excludes halogenated alkanes) is 3. The molecule has 0 aromatic rings. The molecule has 1 aliphatic rings. The SMILES string of the molecule is CCCCCCNC1CCCCCCC1. The molecule has 1 N–H and O–H groups in total. The quantitative estimate of drug-likeness (QED) is 0.647. The van der Waals surface area contributed by atoms with Gasteiger partial charge in [-0.2, -0.15) is 0 Å². The lowest BCUT2D eigenvalue weighted by Gasteiger charge is -2.21. The molecular weight excluding hydrogens is 182 g/mol. The average Bonchev–Trinajstić information content (AvgIpc) is 2.20. The maximum absolute atomic E-state index is 3.75. The molecular formula is C14H29N. The van der Waals surface area contributed by atoms with Gasteiger partial charge in [0.2, 0.25) is 0 Å². The van der Waals surface area contributed by atoms with Gasteiger partial charge in [-0.05, 0) is 25.8 Å². The van der Waals surface area contributed by atoms with Gasteiger partial charge in [0.05, 0.1) is 0 Å². The van der Waals surface area contributed by atoms with E-state index in [1.165, 1.54) is 77.2 Å². The van der Waals surface area contributed by atoms with E-state index in [0.29, 0.717) is 0 Å². The second-order valence-corrected chi connectivity index (χ2v) is 5.06. The van der Waals surface area contributed by atoms with Crippen LogP contribution in [-0.4, -0.2) is 12.6 Å². The predicted octanol–water partition coefficient (Wildman–Crippen LogP) is 4.27. The van der Waals surface area contributed by atoms with Crippen molar-refractivity contribution >= 4 is 0 Å². The van der Waals surface area contributed by atoms with Crippen molar-refractivity contribution in [1.29, 1.82) is 0 Å². The zero-order valence-corrected chi connectivity index (χ0v) is 10.6. The highest BCUT2D eigenvalue weighted by molar-refractivity contribution is 4.69. The van der Waals surface area contributed by atoms with Gasteiger partial charge < -0.3 is 5.32 Å². The number of nitrogens with one attached hydrogen (secondary N) is 1. The first-order valence-electron chi connectivity index (χ1n) is 7.17. The Labute approximate surface area is 96.0 Å². The molecule has 15 heavy (non-hydrogen) atoms. The van der Waals surface area contributed by atoms with Gasteiger partial charge in [0.25, 0.3) is 0 Å². The average molecular weight is 211 g/mol. The summed E-state index contributed by atoms with van der Waals surface area (Å²) in [6.07, 6.45) is 15.7. The van der Waals surface area contributed by atoms with Gasteiger partial charge in [-0.3, -0.25) is 0 Å². The van der Waals surface area contributed by atoms with Crippen LogP contribution in [0.1, 0.15) is 77.6 Å². The molecule has 0 aromatic heterocycles. The Balaban J connectivity index is 1.97. The zero-order valence-electron chi connectivity index (χ0n) is 10.6. The first-order chi connectivity index (χ1) is 7.43. The monoisotopic (exact) mass is 211 g/mol. The molecule has 1 rings (SSSR count). The topological polar surface area (TPSA) is 12.0 Å². The summed E-state index contributed by atoms with van der Waals surface area (Å²) in [7, 11) is 0. The van der Waals surface area contributed by atoms with Gasteiger partial charge >= 0.3 is 0 Å². The van der Waals surface area contributed by atoms with Crippen molar-refractivity contribution in [1.82, 2.24) is 5.32 Å². The second-order valence-electron chi connectivity index (χ2n) is 5.06. The van der Waals surface area contributed by atoms with Gasteiger partial charge in [0.15, 0.2) is 0 Å². The van der Waals surface area contributed by atoms with Crippen LogP contribution in [0.4, 0.5) is 0 Å². The Hall–Kier alpha value is -0.0400. The summed E-state index contributed by atoms with van der Waals surface area (Å²) < 4.78 is 0. The van der Waals surface area contributed by atoms with Gasteiger partial charge in [-0.1, -0.05) is 58.3 Å². The van der Waals surface area contributed by atoms with E-state index < -0.39 is 0 Å². The van der Waals surface area contributed by atoms with Crippen molar-refractivity contribution in [2.75, 3.05) is 6.54 Å². The maximum Gasteiger partial charge on any atom is 0.00670 e. The molecule has 0 saturated heterocycles. The molecule has 0 aliphatic heterocycles. The minimum atomic E-state index is 0.840. The van der Waals surface area contributed by atoms with Crippen molar-refractivity contribution in [3.05, 3.63) is 0 Å². The van der Waals surface area contributed by atoms with Gasteiger partial charge in [0, 0.05) is 6.04 Å². The summed E-state index contributed by atoms with van der Waals surface area (Å²) in [5.74, 6) is 0. The Bertz CT molecular complexity index is 125. The maximum atomic E-state index is 3.75. The van der Waals surface area contributed by atoms with E-state index in [0.717, 1.165) is 6.04 Å². The Kier molecular flexibility index (Phi) is 7.99. The minimum Gasteiger partial charge on any atom is -0.314 e. The molecule has 1 heteroatoms. The number of hydrogen-bond acceptors (Lipinski definition) is 1. The standard InChI is InChI=1S/C14H29N/c1-2-3-4-10-13-15-14-11-8-6-5-7-9-12-14/h14-15H,2-13H2,1H3. The molecule has 0 bridgehead atoms. The molecule has 0 heterocycles. The summed E-state index contributed by atoms with van der Waals surface area (Å²) in [5, 5.41) is 3.75. The molecule has 0 radical (unpaired) electrons. The zero-order chi connectivity index (χ0) is 10.8. The predicted molar refractivity (Wildman–Crippen MR) is 68.3 cm³/mol. The van der Waals surface area contributed by atoms with Crippen LogP contribution in [0.2, 0.25) is 0 Å². The highest BCUT2D eigenvalue weighted by atomic mass is 14.9. The van der Waals surface area contributed by atoms with Crippen LogP contribution in [0, 0.1) is 0 Å². The fraction of sp³-hybridized carbons (Fsp3) is 1.00. The van der Waals surface area contributed by atoms with Crippen LogP contribution < -0.4 is 5.32 Å². The molecule has 0 amide bonds. The summed E-state index contributed by atoms with van der Waals surface area (Å²) in [4.78, 5) is 0. The van der Waals surface area contributed by atoms with Crippen LogP contribution in [0.25, 0.3) is 0 Å². The van der Waals surface area contributed by atoms with E-state index >= 15 is 0 Å². The van der Waals surface area contributed by atoms with Gasteiger partial charge in [0.1, 0.15) is 0 Å². The first-order valence-corrected chi connectivity index (χ1v) is 7.17. The van der Waals surface area contributed by atoms with E-state index in [9.17, 15) is 0 Å². The molecule has 1 aliphatic carbocycles. The van der Waals surface area contributed by atoms with Crippen molar-refractivity contribution in [2.45, 2.75) is 83.6 Å². The fourth-order valence-corrected chi connectivity index (χ4v) is 2.52. The normalized spacial score (nSPS) is 19.8. The molecule has 90 valence electrons. The first kappa shape index (κ1) is 13.0. The van der Waals surface area contributed by atoms with Crippen LogP contribution in [0.15, 0.2) is 0 Å². The summed E-state index contributed by atoms with van der Waals surface area (Å²) in [6.45, 7) is 3.53. The van der Waals surface area contributed by atoms with Crippen molar-refractivity contribution < 1.29 is 0 Å². The third kappa shape index (κ3) is 6.94. The highest BCUT2D eigenvalue weighted by Gasteiger charge is 2.09. The van der Waals surface area contributed by atoms with Crippen molar-refractivity contribution in [3.8, 4) is 0 Å². The molecule has 1 nitrogen and oxygen atoms in total. The molecule has 0 spiro atoms. The molecule has 0 atom stereocenters. The van der Waals surface area contributed by atoms with Crippen LogP contribution in [0.3, 0.4) is 0 Å². The highest BCUT2D eigenvalue weighted by Crippen LogP contribution is 2.17. The molecule has 0 aromatic carbocycles. The minimum absolute atomic E-state index is 0.840. The summed E-state index contributed by atoms with van der Waals surface area (Å²) in [5.41, 5.74) is 0. The Morgan fingerprint density at radius 1 is 0.867 bits per heavy atom. The largest absolute Gasteiger partial charge is 0.314 e. The molecule has 0 unspecified atom stereocenters. The van der Waals surface area contributed by atoms with Crippen molar-refractivity contribution in [2.24, 2.45) is 0 Å². The Morgan fingerprint density at radius 3 is 2.20 bits per heavy atom. The lowest BCUT2D eigenvalue weighted by atomic mass is 9.96. The Morgan fingerprint density at radius 2 is 1.53 bits per heavy atom. The van der Waals surface area contributed by atoms with E-state index in [-0.39, 0.29) is 0 Å². The third-order valence-electron chi connectivity index (χ3n) is 3.57. The van der Waals surface area contributed by atoms with Crippen LogP contribution in [0.5, 0.6) is 0 Å². The van der Waals surface area contributed by atoms with Crippen LogP contribution >= 0.6 is 0 Å².